The lowest BCUT2D eigenvalue weighted by Crippen LogP contribution is -2.35. The van der Waals surface area contributed by atoms with Crippen molar-refractivity contribution in [3.8, 4) is 0 Å². The Bertz CT molecular complexity index is 705. The molecule has 3 amide bonds. The normalized spacial score (nSPS) is 11.6. The molecule has 2 aromatic carbocycles. The molecule has 0 aromatic heterocycles. The number of thioether (sulfide) groups is 1. The summed E-state index contributed by atoms with van der Waals surface area (Å²) in [6.07, 6.45) is 2.08. The molecule has 0 heterocycles. The van der Waals surface area contributed by atoms with Crippen LogP contribution in [0.4, 0.5) is 10.5 Å². The zero-order chi connectivity index (χ0) is 17.5. The van der Waals surface area contributed by atoms with Gasteiger partial charge in [0.2, 0.25) is 5.91 Å². The van der Waals surface area contributed by atoms with E-state index >= 15 is 0 Å². The highest BCUT2D eigenvalue weighted by Gasteiger charge is 2.17. The lowest BCUT2D eigenvalue weighted by molar-refractivity contribution is -0.116. The van der Waals surface area contributed by atoms with Crippen molar-refractivity contribution in [1.82, 2.24) is 5.32 Å². The molecule has 7 heteroatoms. The third kappa shape index (κ3) is 5.58. The molecule has 1 atom stereocenters. The van der Waals surface area contributed by atoms with Crippen LogP contribution in [0.1, 0.15) is 18.0 Å². The summed E-state index contributed by atoms with van der Waals surface area (Å²) < 4.78 is 0.919. The average Bonchev–Trinajstić information content (AvgIpc) is 2.55. The summed E-state index contributed by atoms with van der Waals surface area (Å²) in [6.45, 7) is 0. The van der Waals surface area contributed by atoms with Crippen LogP contribution >= 0.6 is 27.7 Å². The van der Waals surface area contributed by atoms with Crippen molar-refractivity contribution in [3.63, 3.8) is 0 Å². The smallest absolute Gasteiger partial charge is 0.312 e. The van der Waals surface area contributed by atoms with Gasteiger partial charge in [-0.1, -0.05) is 28.1 Å². The number of carbonyl (C=O) groups is 2. The zero-order valence-electron chi connectivity index (χ0n) is 13.1. The van der Waals surface area contributed by atoms with Gasteiger partial charge in [0.15, 0.2) is 0 Å². The third-order valence-electron chi connectivity index (χ3n) is 3.35. The maximum Gasteiger partial charge on any atom is 0.312 e. The van der Waals surface area contributed by atoms with Crippen LogP contribution in [0.3, 0.4) is 0 Å². The van der Waals surface area contributed by atoms with Gasteiger partial charge in [-0.2, -0.15) is 0 Å². The van der Waals surface area contributed by atoms with Crippen LogP contribution in [0, 0.1) is 0 Å². The molecule has 24 heavy (non-hydrogen) atoms. The maximum atomic E-state index is 12.3. The Morgan fingerprint density at radius 2 is 1.75 bits per heavy atom. The summed E-state index contributed by atoms with van der Waals surface area (Å²) in [7, 11) is 0. The fraction of sp³-hybridized carbons (Fsp3) is 0.176. The molecule has 5 nitrogen and oxygen atoms in total. The number of benzene rings is 2. The van der Waals surface area contributed by atoms with Gasteiger partial charge in [0.25, 0.3) is 0 Å². The van der Waals surface area contributed by atoms with Crippen molar-refractivity contribution < 1.29 is 9.59 Å². The van der Waals surface area contributed by atoms with Gasteiger partial charge in [0.1, 0.15) is 0 Å². The van der Waals surface area contributed by atoms with Crippen molar-refractivity contribution >= 4 is 45.3 Å². The number of halogens is 1. The monoisotopic (exact) mass is 407 g/mol. The van der Waals surface area contributed by atoms with Crippen molar-refractivity contribution in [1.29, 1.82) is 0 Å². The molecule has 0 saturated heterocycles. The highest BCUT2D eigenvalue weighted by atomic mass is 79.9. The minimum atomic E-state index is -0.667. The van der Waals surface area contributed by atoms with Crippen LogP contribution in [-0.4, -0.2) is 18.2 Å². The second kappa shape index (κ2) is 8.75. The molecule has 126 valence electrons. The Morgan fingerprint density at radius 1 is 1.12 bits per heavy atom. The summed E-state index contributed by atoms with van der Waals surface area (Å²) in [5, 5.41) is 5.44. The minimum Gasteiger partial charge on any atom is -0.352 e. The third-order valence-corrected chi connectivity index (χ3v) is 4.62. The molecule has 2 aromatic rings. The number of primary amides is 1. The summed E-state index contributed by atoms with van der Waals surface area (Å²) in [5.41, 5.74) is 6.75. The van der Waals surface area contributed by atoms with E-state index in [1.165, 1.54) is 0 Å². The molecule has 2 rings (SSSR count). The van der Waals surface area contributed by atoms with E-state index in [4.69, 9.17) is 5.73 Å². The molecular formula is C17H18BrN3O2S. The van der Waals surface area contributed by atoms with Gasteiger partial charge >= 0.3 is 6.03 Å². The van der Waals surface area contributed by atoms with Crippen LogP contribution < -0.4 is 16.4 Å². The van der Waals surface area contributed by atoms with Crippen LogP contribution in [0.15, 0.2) is 57.9 Å². The molecule has 0 saturated carbocycles. The SMILES string of the molecule is CSc1ccc(NC(=O)CC(NC(N)=O)c2ccc(Br)cc2)cc1. The number of hydrogen-bond donors (Lipinski definition) is 3. The first kappa shape index (κ1) is 18.4. The average molecular weight is 408 g/mol. The molecule has 0 aliphatic heterocycles. The van der Waals surface area contributed by atoms with Gasteiger partial charge in [-0.15, -0.1) is 11.8 Å². The standard InChI is InChI=1S/C17H18BrN3O2S/c1-24-14-8-6-13(7-9-14)20-16(22)10-15(21-17(19)23)11-2-4-12(18)5-3-11/h2-9,15H,10H2,1H3,(H,20,22)(H3,19,21,23). The summed E-state index contributed by atoms with van der Waals surface area (Å²) >= 11 is 4.99. The highest BCUT2D eigenvalue weighted by molar-refractivity contribution is 9.10. The van der Waals surface area contributed by atoms with Crippen molar-refractivity contribution in [2.24, 2.45) is 5.73 Å². The number of rotatable bonds is 6. The minimum absolute atomic E-state index is 0.0921. The van der Waals surface area contributed by atoms with Crippen LogP contribution in [0.2, 0.25) is 0 Å². The molecular weight excluding hydrogens is 390 g/mol. The molecule has 4 N–H and O–H groups in total. The van der Waals surface area contributed by atoms with Gasteiger partial charge in [0.05, 0.1) is 12.5 Å². The number of carbonyl (C=O) groups excluding carboxylic acids is 2. The van der Waals surface area contributed by atoms with Gasteiger partial charge in [-0.3, -0.25) is 4.79 Å². The predicted octanol–water partition coefficient (Wildman–Crippen LogP) is 3.91. The zero-order valence-corrected chi connectivity index (χ0v) is 15.5. The second-order valence-corrected chi connectivity index (χ2v) is 6.89. The van der Waals surface area contributed by atoms with Gasteiger partial charge in [0, 0.05) is 15.1 Å². The first-order valence-corrected chi connectivity index (χ1v) is 9.25. The summed E-state index contributed by atoms with van der Waals surface area (Å²) in [6, 6.07) is 13.8. The second-order valence-electron chi connectivity index (χ2n) is 5.09. The van der Waals surface area contributed by atoms with Crippen molar-refractivity contribution in [3.05, 3.63) is 58.6 Å². The van der Waals surface area contributed by atoms with E-state index in [1.807, 2.05) is 54.8 Å². The first-order valence-electron chi connectivity index (χ1n) is 7.23. The van der Waals surface area contributed by atoms with E-state index in [1.54, 1.807) is 11.8 Å². The fourth-order valence-electron chi connectivity index (χ4n) is 2.19. The largest absolute Gasteiger partial charge is 0.352 e. The van der Waals surface area contributed by atoms with E-state index in [2.05, 4.69) is 26.6 Å². The molecule has 0 fully saturated rings. The van der Waals surface area contributed by atoms with Gasteiger partial charge < -0.3 is 16.4 Å². The summed E-state index contributed by atoms with van der Waals surface area (Å²) in [5.74, 6) is -0.200. The van der Waals surface area contributed by atoms with E-state index in [-0.39, 0.29) is 12.3 Å². The number of anilines is 1. The Hall–Kier alpha value is -1.99. The molecule has 1 unspecified atom stereocenters. The Kier molecular flexibility index (Phi) is 6.69. The van der Waals surface area contributed by atoms with Crippen LogP contribution in [-0.2, 0) is 4.79 Å². The highest BCUT2D eigenvalue weighted by Crippen LogP contribution is 2.21. The quantitative estimate of drug-likeness (QED) is 0.634. The molecule has 0 aliphatic carbocycles. The van der Waals surface area contributed by atoms with E-state index < -0.39 is 12.1 Å². The number of amides is 3. The van der Waals surface area contributed by atoms with Gasteiger partial charge in [-0.25, -0.2) is 4.79 Å². The first-order chi connectivity index (χ1) is 11.5. The van der Waals surface area contributed by atoms with E-state index in [9.17, 15) is 9.59 Å². The lowest BCUT2D eigenvalue weighted by Gasteiger charge is -2.18. The van der Waals surface area contributed by atoms with Gasteiger partial charge in [-0.05, 0) is 48.2 Å². The molecule has 0 bridgehead atoms. The molecule has 0 radical (unpaired) electrons. The number of hydrogen-bond acceptors (Lipinski definition) is 3. The Morgan fingerprint density at radius 3 is 2.29 bits per heavy atom. The lowest BCUT2D eigenvalue weighted by atomic mass is 10.0. The Balaban J connectivity index is 2.05. The van der Waals surface area contributed by atoms with E-state index in [0.717, 1.165) is 14.9 Å². The van der Waals surface area contributed by atoms with Crippen LogP contribution in [0.5, 0.6) is 0 Å². The fourth-order valence-corrected chi connectivity index (χ4v) is 2.86. The predicted molar refractivity (Wildman–Crippen MR) is 101 cm³/mol. The Labute approximate surface area is 153 Å². The van der Waals surface area contributed by atoms with Crippen LogP contribution in [0.25, 0.3) is 0 Å². The number of urea groups is 1. The molecule has 0 spiro atoms. The van der Waals surface area contributed by atoms with E-state index in [0.29, 0.717) is 5.69 Å². The number of nitrogens with two attached hydrogens (primary N) is 1. The molecule has 0 aliphatic rings. The summed E-state index contributed by atoms with van der Waals surface area (Å²) in [4.78, 5) is 24.6. The van der Waals surface area contributed by atoms with Crippen molar-refractivity contribution in [2.45, 2.75) is 17.4 Å². The topological polar surface area (TPSA) is 84.2 Å². The maximum absolute atomic E-state index is 12.3. The number of nitrogens with one attached hydrogen (secondary N) is 2. The van der Waals surface area contributed by atoms with Crippen molar-refractivity contribution in [2.75, 3.05) is 11.6 Å².